The molecule has 0 aliphatic heterocycles. The lowest BCUT2D eigenvalue weighted by Crippen LogP contribution is -2.35. The number of carbonyl (C=O) groups is 1. The molecule has 0 spiro atoms. The Balaban J connectivity index is 1.84. The zero-order valence-corrected chi connectivity index (χ0v) is 11.5. The number of benzene rings is 2. The fraction of sp³-hybridized carbons (Fsp3) is 0.235. The quantitative estimate of drug-likeness (QED) is 0.793. The first-order chi connectivity index (χ1) is 9.66. The number of Topliss-reactive ketones (excluding diaryl/α,β-unsaturated/α-hetero) is 1. The molecule has 0 aliphatic rings. The predicted octanol–water partition coefficient (Wildman–Crippen LogP) is 2.80. The van der Waals surface area contributed by atoms with E-state index in [0.717, 1.165) is 13.0 Å². The third-order valence-corrected chi connectivity index (χ3v) is 3.25. The van der Waals surface area contributed by atoms with E-state index in [9.17, 15) is 9.90 Å². The number of rotatable bonds is 6. The highest BCUT2D eigenvalue weighted by molar-refractivity contribution is 5.99. The van der Waals surface area contributed by atoms with Crippen molar-refractivity contribution < 1.29 is 9.90 Å². The maximum atomic E-state index is 12.2. The van der Waals surface area contributed by atoms with Crippen LogP contribution in [0.1, 0.15) is 22.8 Å². The van der Waals surface area contributed by atoms with Crippen LogP contribution in [0.15, 0.2) is 54.6 Å². The minimum atomic E-state index is -0.233. The maximum Gasteiger partial charge on any atom is 0.179 e. The molecule has 0 heterocycles. The van der Waals surface area contributed by atoms with Crippen molar-refractivity contribution in [1.82, 2.24) is 5.32 Å². The third kappa shape index (κ3) is 3.93. The summed E-state index contributed by atoms with van der Waals surface area (Å²) < 4.78 is 0. The SMILES string of the molecule is C[C@H](NCCc1ccccc1)C(=O)c1ccc(O)cc1. The normalized spacial score (nSPS) is 12.1. The molecular formula is C17H19NO2. The highest BCUT2D eigenvalue weighted by Crippen LogP contribution is 2.11. The Morgan fingerprint density at radius 1 is 1.10 bits per heavy atom. The summed E-state index contributed by atoms with van der Waals surface area (Å²) in [5.74, 6) is 0.212. The summed E-state index contributed by atoms with van der Waals surface area (Å²) in [6.07, 6.45) is 0.897. The molecule has 20 heavy (non-hydrogen) atoms. The van der Waals surface area contributed by atoms with Crippen molar-refractivity contribution in [2.45, 2.75) is 19.4 Å². The van der Waals surface area contributed by atoms with E-state index in [-0.39, 0.29) is 17.6 Å². The second kappa shape index (κ2) is 6.87. The molecule has 0 bridgehead atoms. The maximum absolute atomic E-state index is 12.2. The van der Waals surface area contributed by atoms with Crippen molar-refractivity contribution in [3.8, 4) is 5.75 Å². The Morgan fingerprint density at radius 3 is 2.40 bits per heavy atom. The van der Waals surface area contributed by atoms with E-state index in [1.54, 1.807) is 12.1 Å². The van der Waals surface area contributed by atoms with Crippen LogP contribution in [0, 0.1) is 0 Å². The Labute approximate surface area is 119 Å². The zero-order chi connectivity index (χ0) is 14.4. The largest absolute Gasteiger partial charge is 0.508 e. The van der Waals surface area contributed by atoms with Crippen molar-refractivity contribution in [2.24, 2.45) is 0 Å². The molecule has 2 N–H and O–H groups in total. The van der Waals surface area contributed by atoms with Gasteiger partial charge < -0.3 is 10.4 Å². The van der Waals surface area contributed by atoms with Gasteiger partial charge in [0.05, 0.1) is 6.04 Å². The minimum absolute atomic E-state index is 0.0399. The lowest BCUT2D eigenvalue weighted by atomic mass is 10.0. The van der Waals surface area contributed by atoms with Crippen LogP contribution in [0.2, 0.25) is 0 Å². The molecule has 0 radical (unpaired) electrons. The van der Waals surface area contributed by atoms with Gasteiger partial charge in [0.2, 0.25) is 0 Å². The summed E-state index contributed by atoms with van der Waals surface area (Å²) in [7, 11) is 0. The van der Waals surface area contributed by atoms with Crippen LogP contribution in [0.5, 0.6) is 5.75 Å². The van der Waals surface area contributed by atoms with Crippen LogP contribution in [0.3, 0.4) is 0 Å². The monoisotopic (exact) mass is 269 g/mol. The summed E-state index contributed by atoms with van der Waals surface area (Å²) >= 11 is 0. The topological polar surface area (TPSA) is 49.3 Å². The van der Waals surface area contributed by atoms with E-state index >= 15 is 0 Å². The fourth-order valence-corrected chi connectivity index (χ4v) is 2.05. The van der Waals surface area contributed by atoms with Gasteiger partial charge in [-0.15, -0.1) is 0 Å². The number of hydrogen-bond donors (Lipinski definition) is 2. The molecule has 0 aromatic heterocycles. The van der Waals surface area contributed by atoms with Gasteiger partial charge in [0.25, 0.3) is 0 Å². The smallest absolute Gasteiger partial charge is 0.179 e. The minimum Gasteiger partial charge on any atom is -0.508 e. The number of aromatic hydroxyl groups is 1. The van der Waals surface area contributed by atoms with Crippen LogP contribution in [-0.2, 0) is 6.42 Å². The molecule has 0 saturated carbocycles. The molecule has 3 nitrogen and oxygen atoms in total. The van der Waals surface area contributed by atoms with Crippen LogP contribution in [0.25, 0.3) is 0 Å². The average molecular weight is 269 g/mol. The predicted molar refractivity (Wildman–Crippen MR) is 80.0 cm³/mol. The van der Waals surface area contributed by atoms with Gasteiger partial charge in [-0.2, -0.15) is 0 Å². The van der Waals surface area contributed by atoms with Crippen molar-refractivity contribution in [1.29, 1.82) is 0 Å². The number of carbonyl (C=O) groups excluding carboxylic acids is 1. The van der Waals surface area contributed by atoms with Crippen molar-refractivity contribution in [3.63, 3.8) is 0 Å². The second-order valence-electron chi connectivity index (χ2n) is 4.82. The number of phenolic OH excluding ortho intramolecular Hbond substituents is 1. The Kier molecular flexibility index (Phi) is 4.91. The van der Waals surface area contributed by atoms with E-state index in [1.165, 1.54) is 17.7 Å². The molecule has 0 amide bonds. The Hall–Kier alpha value is -2.13. The van der Waals surface area contributed by atoms with Crippen LogP contribution >= 0.6 is 0 Å². The van der Waals surface area contributed by atoms with E-state index in [1.807, 2.05) is 25.1 Å². The Bertz CT molecular complexity index is 549. The number of nitrogens with one attached hydrogen (secondary N) is 1. The van der Waals surface area contributed by atoms with Gasteiger partial charge in [0.15, 0.2) is 5.78 Å². The van der Waals surface area contributed by atoms with E-state index in [2.05, 4.69) is 17.4 Å². The van der Waals surface area contributed by atoms with Crippen molar-refractivity contribution in [3.05, 3.63) is 65.7 Å². The summed E-state index contributed by atoms with van der Waals surface area (Å²) in [4.78, 5) is 12.2. The van der Waals surface area contributed by atoms with Gasteiger partial charge in [-0.25, -0.2) is 0 Å². The van der Waals surface area contributed by atoms with Gasteiger partial charge in [-0.05, 0) is 49.7 Å². The molecule has 0 aliphatic carbocycles. The first-order valence-electron chi connectivity index (χ1n) is 6.77. The van der Waals surface area contributed by atoms with Crippen molar-refractivity contribution in [2.75, 3.05) is 6.54 Å². The van der Waals surface area contributed by atoms with Gasteiger partial charge in [-0.3, -0.25) is 4.79 Å². The molecule has 0 fully saturated rings. The van der Waals surface area contributed by atoms with Gasteiger partial charge >= 0.3 is 0 Å². The summed E-state index contributed by atoms with van der Waals surface area (Å²) in [6.45, 7) is 2.62. The molecule has 2 rings (SSSR count). The standard InChI is InChI=1S/C17H19NO2/c1-13(17(20)15-7-9-16(19)10-8-15)18-12-11-14-5-3-2-4-6-14/h2-10,13,18-19H,11-12H2,1H3/t13-/m0/s1. The molecule has 2 aromatic rings. The van der Waals surface area contributed by atoms with E-state index in [0.29, 0.717) is 5.56 Å². The molecule has 104 valence electrons. The van der Waals surface area contributed by atoms with Crippen LogP contribution in [-0.4, -0.2) is 23.5 Å². The lowest BCUT2D eigenvalue weighted by Gasteiger charge is -2.13. The molecule has 3 heteroatoms. The average Bonchev–Trinajstić information content (AvgIpc) is 2.48. The van der Waals surface area contributed by atoms with E-state index < -0.39 is 0 Å². The highest BCUT2D eigenvalue weighted by Gasteiger charge is 2.14. The molecule has 0 unspecified atom stereocenters. The molecule has 1 atom stereocenters. The van der Waals surface area contributed by atoms with E-state index in [4.69, 9.17) is 0 Å². The van der Waals surface area contributed by atoms with Gasteiger partial charge in [-0.1, -0.05) is 30.3 Å². The number of ketones is 1. The first-order valence-corrected chi connectivity index (χ1v) is 6.77. The molecule has 2 aromatic carbocycles. The zero-order valence-electron chi connectivity index (χ0n) is 11.5. The second-order valence-corrected chi connectivity index (χ2v) is 4.82. The van der Waals surface area contributed by atoms with Crippen LogP contribution < -0.4 is 5.32 Å². The molecular weight excluding hydrogens is 250 g/mol. The summed E-state index contributed by atoms with van der Waals surface area (Å²) in [5, 5.41) is 12.4. The number of phenols is 1. The van der Waals surface area contributed by atoms with Crippen molar-refractivity contribution >= 4 is 5.78 Å². The fourth-order valence-electron chi connectivity index (χ4n) is 2.05. The first kappa shape index (κ1) is 14.3. The third-order valence-electron chi connectivity index (χ3n) is 3.25. The van der Waals surface area contributed by atoms with Gasteiger partial charge in [0, 0.05) is 5.56 Å². The van der Waals surface area contributed by atoms with Crippen LogP contribution in [0.4, 0.5) is 0 Å². The Morgan fingerprint density at radius 2 is 1.75 bits per heavy atom. The summed E-state index contributed by atoms with van der Waals surface area (Å²) in [6, 6.07) is 16.3. The summed E-state index contributed by atoms with van der Waals surface area (Å²) in [5.41, 5.74) is 1.87. The lowest BCUT2D eigenvalue weighted by molar-refractivity contribution is 0.0951. The molecule has 0 saturated heterocycles. The van der Waals surface area contributed by atoms with Gasteiger partial charge in [0.1, 0.15) is 5.75 Å². The number of hydrogen-bond acceptors (Lipinski definition) is 3. The highest BCUT2D eigenvalue weighted by atomic mass is 16.3.